The molecular weight excluding hydrogens is 264 g/mol. The van der Waals surface area contributed by atoms with Gasteiger partial charge in [0, 0.05) is 6.42 Å². The molecule has 1 aromatic carbocycles. The minimum atomic E-state index is -0.746. The van der Waals surface area contributed by atoms with Crippen molar-refractivity contribution in [2.24, 2.45) is 0 Å². The average molecular weight is 278 g/mol. The predicted molar refractivity (Wildman–Crippen MR) is 68.3 cm³/mol. The van der Waals surface area contributed by atoms with Gasteiger partial charge in [-0.2, -0.15) is 0 Å². The van der Waals surface area contributed by atoms with Crippen molar-refractivity contribution in [2.75, 3.05) is 21.3 Å². The lowest BCUT2D eigenvalue weighted by Crippen LogP contribution is -2.16. The molecule has 6 nitrogen and oxygen atoms in total. The Kier molecular flexibility index (Phi) is 3.74. The summed E-state index contributed by atoms with van der Waals surface area (Å²) >= 11 is 0. The van der Waals surface area contributed by atoms with Crippen LogP contribution in [0, 0.1) is 0 Å². The molecule has 20 heavy (non-hydrogen) atoms. The van der Waals surface area contributed by atoms with Crippen LogP contribution >= 0.6 is 0 Å². The Morgan fingerprint density at radius 2 is 1.70 bits per heavy atom. The third-order valence-corrected chi connectivity index (χ3v) is 3.26. The number of aryl methyl sites for hydroxylation is 1. The molecule has 0 N–H and O–H groups in total. The maximum absolute atomic E-state index is 11.9. The van der Waals surface area contributed by atoms with Crippen LogP contribution in [0.5, 0.6) is 5.75 Å². The van der Waals surface area contributed by atoms with E-state index in [1.54, 1.807) is 0 Å². The number of fused-ring (bicyclic) bond motifs is 1. The molecule has 2 rings (SSSR count). The van der Waals surface area contributed by atoms with Gasteiger partial charge < -0.3 is 14.2 Å². The number of Topliss-reactive ketones (excluding diaryl/α,β-unsaturated/α-hetero) is 1. The molecule has 1 aliphatic carbocycles. The van der Waals surface area contributed by atoms with Gasteiger partial charge in [0.15, 0.2) is 5.78 Å². The summed E-state index contributed by atoms with van der Waals surface area (Å²) in [5.74, 6) is -1.45. The fourth-order valence-electron chi connectivity index (χ4n) is 2.37. The van der Waals surface area contributed by atoms with E-state index in [0.29, 0.717) is 24.0 Å². The van der Waals surface area contributed by atoms with Gasteiger partial charge in [-0.25, -0.2) is 9.59 Å². The van der Waals surface area contributed by atoms with Crippen LogP contribution in [0.25, 0.3) is 0 Å². The van der Waals surface area contributed by atoms with Crippen molar-refractivity contribution in [1.29, 1.82) is 0 Å². The highest BCUT2D eigenvalue weighted by atomic mass is 16.5. The second-order valence-corrected chi connectivity index (χ2v) is 4.27. The Morgan fingerprint density at radius 1 is 1.05 bits per heavy atom. The first kappa shape index (κ1) is 14.0. The molecule has 0 amide bonds. The number of hydrogen-bond donors (Lipinski definition) is 0. The van der Waals surface area contributed by atoms with Crippen LogP contribution in [-0.2, 0) is 15.9 Å². The molecule has 1 aromatic rings. The van der Waals surface area contributed by atoms with E-state index in [1.807, 2.05) is 0 Å². The molecule has 0 aliphatic heterocycles. The molecule has 0 unspecified atom stereocenters. The van der Waals surface area contributed by atoms with Crippen LogP contribution in [0.4, 0.5) is 0 Å². The molecule has 0 atom stereocenters. The number of methoxy groups -OCH3 is 3. The van der Waals surface area contributed by atoms with E-state index < -0.39 is 11.9 Å². The number of ether oxygens (including phenoxy) is 3. The number of hydrogen-bond acceptors (Lipinski definition) is 6. The van der Waals surface area contributed by atoms with Gasteiger partial charge in [0.2, 0.25) is 0 Å². The van der Waals surface area contributed by atoms with E-state index in [4.69, 9.17) is 4.74 Å². The van der Waals surface area contributed by atoms with Crippen molar-refractivity contribution in [3.8, 4) is 5.75 Å². The lowest BCUT2D eigenvalue weighted by Gasteiger charge is -2.14. The van der Waals surface area contributed by atoms with E-state index in [-0.39, 0.29) is 22.7 Å². The third kappa shape index (κ3) is 2.03. The average Bonchev–Trinajstić information content (AvgIpc) is 2.85. The predicted octanol–water partition coefficient (Wildman–Crippen LogP) is 1.40. The van der Waals surface area contributed by atoms with Gasteiger partial charge in [-0.3, -0.25) is 4.79 Å². The summed E-state index contributed by atoms with van der Waals surface area (Å²) < 4.78 is 14.5. The fraction of sp³-hybridized carbons (Fsp3) is 0.357. The molecule has 0 radical (unpaired) electrons. The summed E-state index contributed by atoms with van der Waals surface area (Å²) in [7, 11) is 3.75. The fourth-order valence-corrected chi connectivity index (χ4v) is 2.37. The first-order valence-corrected chi connectivity index (χ1v) is 5.98. The Hall–Kier alpha value is -2.37. The monoisotopic (exact) mass is 278 g/mol. The quantitative estimate of drug-likeness (QED) is 0.777. The van der Waals surface area contributed by atoms with Crippen LogP contribution in [-0.4, -0.2) is 39.1 Å². The van der Waals surface area contributed by atoms with Crippen molar-refractivity contribution in [1.82, 2.24) is 0 Å². The highest BCUT2D eigenvalue weighted by molar-refractivity contribution is 6.11. The van der Waals surface area contributed by atoms with Gasteiger partial charge in [-0.15, -0.1) is 0 Å². The summed E-state index contributed by atoms with van der Waals surface area (Å²) in [6.45, 7) is 0. The van der Waals surface area contributed by atoms with Gasteiger partial charge in [-0.1, -0.05) is 0 Å². The number of carbonyl (C=O) groups is 3. The topological polar surface area (TPSA) is 78.9 Å². The summed E-state index contributed by atoms with van der Waals surface area (Å²) in [6, 6.07) is 1.50. The van der Waals surface area contributed by atoms with Gasteiger partial charge in [-0.05, 0) is 18.1 Å². The maximum atomic E-state index is 11.9. The molecule has 106 valence electrons. The molecular formula is C14H14O6. The second-order valence-electron chi connectivity index (χ2n) is 4.27. The first-order chi connectivity index (χ1) is 9.54. The van der Waals surface area contributed by atoms with E-state index in [1.165, 1.54) is 27.4 Å². The second kappa shape index (κ2) is 5.32. The van der Waals surface area contributed by atoms with Gasteiger partial charge in [0.25, 0.3) is 0 Å². The Balaban J connectivity index is 2.79. The first-order valence-electron chi connectivity index (χ1n) is 5.98. The molecule has 6 heteroatoms. The van der Waals surface area contributed by atoms with Crippen LogP contribution in [0.15, 0.2) is 6.07 Å². The molecule has 1 aliphatic rings. The number of carbonyl (C=O) groups excluding carboxylic acids is 3. The zero-order valence-electron chi connectivity index (χ0n) is 11.4. The molecule has 0 saturated carbocycles. The SMILES string of the molecule is COC(=O)c1cc2c(c(OC)c1C(=O)OC)C(=O)CC2. The largest absolute Gasteiger partial charge is 0.495 e. The molecule has 0 fully saturated rings. The molecule has 0 saturated heterocycles. The third-order valence-electron chi connectivity index (χ3n) is 3.26. The van der Waals surface area contributed by atoms with Crippen LogP contribution in [0.3, 0.4) is 0 Å². The van der Waals surface area contributed by atoms with Gasteiger partial charge in [0.05, 0.1) is 32.5 Å². The van der Waals surface area contributed by atoms with Crippen LogP contribution in [0.2, 0.25) is 0 Å². The number of ketones is 1. The van der Waals surface area contributed by atoms with Crippen molar-refractivity contribution >= 4 is 17.7 Å². The summed E-state index contributed by atoms with van der Waals surface area (Å²) in [5, 5.41) is 0. The normalized spacial score (nSPS) is 12.8. The van der Waals surface area contributed by atoms with E-state index in [2.05, 4.69) is 9.47 Å². The van der Waals surface area contributed by atoms with Crippen LogP contribution < -0.4 is 4.74 Å². The highest BCUT2D eigenvalue weighted by Crippen LogP contribution is 2.36. The number of esters is 2. The van der Waals surface area contributed by atoms with Gasteiger partial charge in [0.1, 0.15) is 11.3 Å². The maximum Gasteiger partial charge on any atom is 0.342 e. The van der Waals surface area contributed by atoms with Crippen LogP contribution in [0.1, 0.15) is 43.1 Å². The lowest BCUT2D eigenvalue weighted by atomic mass is 9.97. The number of rotatable bonds is 3. The summed E-state index contributed by atoms with van der Waals surface area (Å²) in [6.07, 6.45) is 0.840. The van der Waals surface area contributed by atoms with Crippen molar-refractivity contribution in [3.05, 3.63) is 28.3 Å². The highest BCUT2D eigenvalue weighted by Gasteiger charge is 2.33. The van der Waals surface area contributed by atoms with E-state index in [9.17, 15) is 14.4 Å². The van der Waals surface area contributed by atoms with Crippen molar-refractivity contribution < 1.29 is 28.6 Å². The number of benzene rings is 1. The zero-order chi connectivity index (χ0) is 14.9. The van der Waals surface area contributed by atoms with Crippen molar-refractivity contribution in [3.63, 3.8) is 0 Å². The summed E-state index contributed by atoms with van der Waals surface area (Å²) in [5.41, 5.74) is 1.00. The molecule has 0 aromatic heterocycles. The minimum Gasteiger partial charge on any atom is -0.495 e. The molecule has 0 spiro atoms. The Morgan fingerprint density at radius 3 is 2.25 bits per heavy atom. The van der Waals surface area contributed by atoms with E-state index >= 15 is 0 Å². The van der Waals surface area contributed by atoms with Crippen molar-refractivity contribution in [2.45, 2.75) is 12.8 Å². The molecule has 0 bridgehead atoms. The standard InChI is InChI=1S/C14H14O6/c1-18-12-10-7(4-5-9(10)15)6-8(13(16)19-2)11(12)14(17)20-3/h6H,4-5H2,1-3H3. The Bertz CT molecular complexity index is 602. The lowest BCUT2D eigenvalue weighted by molar-refractivity contribution is 0.0551. The Labute approximate surface area is 115 Å². The zero-order valence-corrected chi connectivity index (χ0v) is 11.4. The van der Waals surface area contributed by atoms with E-state index in [0.717, 1.165) is 0 Å². The smallest absolute Gasteiger partial charge is 0.342 e. The minimum absolute atomic E-state index is 0.0460. The van der Waals surface area contributed by atoms with Gasteiger partial charge >= 0.3 is 11.9 Å². The summed E-state index contributed by atoms with van der Waals surface area (Å²) in [4.78, 5) is 35.7. The molecule has 0 heterocycles.